The van der Waals surface area contributed by atoms with Crippen LogP contribution in [0.25, 0.3) is 0 Å². The summed E-state index contributed by atoms with van der Waals surface area (Å²) >= 11 is 3.53. The van der Waals surface area contributed by atoms with Crippen LogP contribution in [0.4, 0.5) is 17.5 Å². The number of benzene rings is 1. The molecule has 1 N–H and O–H groups in total. The van der Waals surface area contributed by atoms with Crippen molar-refractivity contribution in [1.29, 1.82) is 0 Å². The summed E-state index contributed by atoms with van der Waals surface area (Å²) in [5, 5.41) is 3.27. The van der Waals surface area contributed by atoms with Gasteiger partial charge in [0, 0.05) is 29.8 Å². The number of hydrogen-bond donors (Lipinski definition) is 1. The van der Waals surface area contributed by atoms with E-state index in [0.29, 0.717) is 5.95 Å². The Morgan fingerprint density at radius 1 is 1.24 bits per heavy atom. The van der Waals surface area contributed by atoms with Crippen LogP contribution in [0.3, 0.4) is 0 Å². The molecular weight excluding hydrogens is 328 g/mol. The SMILES string of the molecule is CCCCN(C)c1cc(C)nc(Nc2ccccc2Br)n1. The van der Waals surface area contributed by atoms with E-state index in [1.54, 1.807) is 0 Å². The fourth-order valence-corrected chi connectivity index (χ4v) is 2.38. The largest absolute Gasteiger partial charge is 0.360 e. The molecule has 5 heteroatoms. The molecule has 4 nitrogen and oxygen atoms in total. The highest BCUT2D eigenvalue weighted by Crippen LogP contribution is 2.24. The van der Waals surface area contributed by atoms with Crippen molar-refractivity contribution in [2.24, 2.45) is 0 Å². The zero-order chi connectivity index (χ0) is 15.2. The second-order valence-electron chi connectivity index (χ2n) is 5.07. The average Bonchev–Trinajstić information content (AvgIpc) is 2.46. The van der Waals surface area contributed by atoms with Gasteiger partial charge in [-0.15, -0.1) is 0 Å². The average molecular weight is 349 g/mol. The number of rotatable bonds is 6. The molecule has 0 aliphatic heterocycles. The Morgan fingerprint density at radius 2 is 2.00 bits per heavy atom. The molecule has 0 atom stereocenters. The molecule has 1 heterocycles. The molecule has 0 spiro atoms. The van der Waals surface area contributed by atoms with Gasteiger partial charge in [-0.3, -0.25) is 0 Å². The Labute approximate surface area is 134 Å². The molecule has 0 saturated heterocycles. The summed E-state index contributed by atoms with van der Waals surface area (Å²) in [5.41, 5.74) is 1.92. The fraction of sp³-hybridized carbons (Fsp3) is 0.375. The normalized spacial score (nSPS) is 10.5. The van der Waals surface area contributed by atoms with Gasteiger partial charge in [-0.1, -0.05) is 25.5 Å². The first kappa shape index (κ1) is 15.8. The molecule has 21 heavy (non-hydrogen) atoms. The van der Waals surface area contributed by atoms with Crippen LogP contribution >= 0.6 is 15.9 Å². The van der Waals surface area contributed by atoms with Crippen LogP contribution in [0.1, 0.15) is 25.5 Å². The predicted octanol–water partition coefficient (Wildman–Crippen LogP) is 4.53. The number of anilines is 3. The van der Waals surface area contributed by atoms with Gasteiger partial charge in [0.2, 0.25) is 5.95 Å². The van der Waals surface area contributed by atoms with E-state index in [1.165, 1.54) is 6.42 Å². The monoisotopic (exact) mass is 348 g/mol. The summed E-state index contributed by atoms with van der Waals surface area (Å²) in [6, 6.07) is 9.97. The van der Waals surface area contributed by atoms with Crippen LogP contribution in [0.2, 0.25) is 0 Å². The van der Waals surface area contributed by atoms with Gasteiger partial charge in [-0.2, -0.15) is 4.98 Å². The molecule has 0 saturated carbocycles. The number of halogens is 1. The highest BCUT2D eigenvalue weighted by molar-refractivity contribution is 9.10. The molecule has 112 valence electrons. The summed E-state index contributed by atoms with van der Waals surface area (Å²) in [4.78, 5) is 11.2. The van der Waals surface area contributed by atoms with E-state index in [0.717, 1.165) is 34.6 Å². The van der Waals surface area contributed by atoms with Crippen LogP contribution in [-0.2, 0) is 0 Å². The first-order chi connectivity index (χ1) is 10.1. The smallest absolute Gasteiger partial charge is 0.229 e. The molecule has 1 aromatic heterocycles. The van der Waals surface area contributed by atoms with Crippen LogP contribution in [0, 0.1) is 6.92 Å². The van der Waals surface area contributed by atoms with Crippen molar-refractivity contribution in [3.05, 3.63) is 40.5 Å². The third-order valence-electron chi connectivity index (χ3n) is 3.20. The molecular formula is C16H21BrN4. The lowest BCUT2D eigenvalue weighted by atomic mass is 10.3. The Hall–Kier alpha value is -1.62. The van der Waals surface area contributed by atoms with Crippen LogP contribution in [0.5, 0.6) is 0 Å². The lowest BCUT2D eigenvalue weighted by Crippen LogP contribution is -2.20. The van der Waals surface area contributed by atoms with Gasteiger partial charge in [-0.05, 0) is 41.4 Å². The number of nitrogens with one attached hydrogen (secondary N) is 1. The highest BCUT2D eigenvalue weighted by Gasteiger charge is 2.08. The van der Waals surface area contributed by atoms with Crippen molar-refractivity contribution in [2.75, 3.05) is 23.8 Å². The Bertz CT molecular complexity index is 601. The number of unbranched alkanes of at least 4 members (excludes halogenated alkanes) is 1. The van der Waals surface area contributed by atoms with E-state index in [9.17, 15) is 0 Å². The van der Waals surface area contributed by atoms with Crippen molar-refractivity contribution < 1.29 is 0 Å². The maximum Gasteiger partial charge on any atom is 0.229 e. The molecule has 0 bridgehead atoms. The van der Waals surface area contributed by atoms with E-state index >= 15 is 0 Å². The zero-order valence-corrected chi connectivity index (χ0v) is 14.3. The van der Waals surface area contributed by atoms with Crippen molar-refractivity contribution in [3.8, 4) is 0 Å². The Morgan fingerprint density at radius 3 is 2.71 bits per heavy atom. The number of nitrogens with zero attached hydrogens (tertiary/aromatic N) is 3. The maximum absolute atomic E-state index is 4.61. The lowest BCUT2D eigenvalue weighted by molar-refractivity contribution is 0.758. The summed E-state index contributed by atoms with van der Waals surface area (Å²) in [6.45, 7) is 5.18. The van der Waals surface area contributed by atoms with Crippen molar-refractivity contribution in [2.45, 2.75) is 26.7 Å². The minimum Gasteiger partial charge on any atom is -0.360 e. The van der Waals surface area contributed by atoms with E-state index in [-0.39, 0.29) is 0 Å². The first-order valence-electron chi connectivity index (χ1n) is 7.18. The minimum absolute atomic E-state index is 0.625. The van der Waals surface area contributed by atoms with Gasteiger partial charge >= 0.3 is 0 Å². The van der Waals surface area contributed by atoms with Gasteiger partial charge in [0.25, 0.3) is 0 Å². The quantitative estimate of drug-likeness (QED) is 0.832. The molecule has 0 aliphatic carbocycles. The van der Waals surface area contributed by atoms with Crippen molar-refractivity contribution in [3.63, 3.8) is 0 Å². The predicted molar refractivity (Wildman–Crippen MR) is 92.4 cm³/mol. The molecule has 2 rings (SSSR count). The molecule has 0 fully saturated rings. The molecule has 0 radical (unpaired) electrons. The first-order valence-corrected chi connectivity index (χ1v) is 7.98. The van der Waals surface area contributed by atoms with Gasteiger partial charge in [0.1, 0.15) is 5.82 Å². The Balaban J connectivity index is 2.21. The summed E-state index contributed by atoms with van der Waals surface area (Å²) in [6.07, 6.45) is 2.34. The topological polar surface area (TPSA) is 41.1 Å². The highest BCUT2D eigenvalue weighted by atomic mass is 79.9. The standard InChI is InChI=1S/C16H21BrN4/c1-4-5-10-21(3)15-11-12(2)18-16(20-15)19-14-9-7-6-8-13(14)17/h6-9,11H,4-5,10H2,1-3H3,(H,18,19,20). The van der Waals surface area contributed by atoms with Crippen LogP contribution < -0.4 is 10.2 Å². The van der Waals surface area contributed by atoms with E-state index in [4.69, 9.17) is 0 Å². The lowest BCUT2D eigenvalue weighted by Gasteiger charge is -2.19. The minimum atomic E-state index is 0.625. The zero-order valence-electron chi connectivity index (χ0n) is 12.7. The molecule has 0 unspecified atom stereocenters. The third kappa shape index (κ3) is 4.43. The summed E-state index contributed by atoms with van der Waals surface area (Å²) in [5.74, 6) is 1.57. The number of hydrogen-bond acceptors (Lipinski definition) is 4. The molecule has 0 aliphatic rings. The second kappa shape index (κ2) is 7.41. The summed E-state index contributed by atoms with van der Waals surface area (Å²) < 4.78 is 0.996. The third-order valence-corrected chi connectivity index (χ3v) is 3.89. The number of para-hydroxylation sites is 1. The van der Waals surface area contributed by atoms with Crippen molar-refractivity contribution in [1.82, 2.24) is 9.97 Å². The van der Waals surface area contributed by atoms with Crippen LogP contribution in [-0.4, -0.2) is 23.6 Å². The van der Waals surface area contributed by atoms with Gasteiger partial charge in [0.15, 0.2) is 0 Å². The van der Waals surface area contributed by atoms with E-state index < -0.39 is 0 Å². The van der Waals surface area contributed by atoms with E-state index in [1.807, 2.05) is 37.3 Å². The van der Waals surface area contributed by atoms with Gasteiger partial charge < -0.3 is 10.2 Å². The van der Waals surface area contributed by atoms with Gasteiger partial charge in [-0.25, -0.2) is 4.98 Å². The fourth-order valence-electron chi connectivity index (χ4n) is 2.00. The van der Waals surface area contributed by atoms with Gasteiger partial charge in [0.05, 0.1) is 5.69 Å². The molecule has 0 amide bonds. The Kier molecular flexibility index (Phi) is 5.56. The maximum atomic E-state index is 4.61. The van der Waals surface area contributed by atoms with Crippen LogP contribution in [0.15, 0.2) is 34.8 Å². The summed E-state index contributed by atoms with van der Waals surface area (Å²) in [7, 11) is 2.07. The van der Waals surface area contributed by atoms with Crippen molar-refractivity contribution >= 4 is 33.4 Å². The molecule has 2 aromatic rings. The van der Waals surface area contributed by atoms with E-state index in [2.05, 4.69) is 50.1 Å². The second-order valence-corrected chi connectivity index (χ2v) is 5.93. The number of aromatic nitrogens is 2. The molecule has 1 aromatic carbocycles. The number of aryl methyl sites for hydroxylation is 1.